The van der Waals surface area contributed by atoms with Crippen molar-refractivity contribution in [3.63, 3.8) is 0 Å². The van der Waals surface area contributed by atoms with Crippen LogP contribution in [-0.2, 0) is 0 Å². The molecule has 28 heavy (non-hydrogen) atoms. The van der Waals surface area contributed by atoms with Gasteiger partial charge in [-0.2, -0.15) is 5.26 Å². The SMILES string of the molecule is CC(=O)c1ccc(Nc2cc(C(=O)Nc3ccccc3C#N)nc(C)n2)cc1. The van der Waals surface area contributed by atoms with Crippen molar-refractivity contribution >= 4 is 28.9 Å². The van der Waals surface area contributed by atoms with Gasteiger partial charge < -0.3 is 10.6 Å². The highest BCUT2D eigenvalue weighted by Gasteiger charge is 2.13. The quantitative estimate of drug-likeness (QED) is 0.660. The highest BCUT2D eigenvalue weighted by Crippen LogP contribution is 2.18. The number of ketones is 1. The Morgan fingerprint density at radius 2 is 1.75 bits per heavy atom. The maximum absolute atomic E-state index is 12.6. The van der Waals surface area contributed by atoms with E-state index in [1.807, 2.05) is 6.07 Å². The van der Waals surface area contributed by atoms with Crippen molar-refractivity contribution in [3.8, 4) is 6.07 Å². The number of hydrogen-bond donors (Lipinski definition) is 2. The number of amides is 1. The lowest BCUT2D eigenvalue weighted by Crippen LogP contribution is -2.16. The number of Topliss-reactive ketones (excluding diaryl/α,β-unsaturated/α-hetero) is 1. The zero-order valence-corrected chi connectivity index (χ0v) is 15.4. The lowest BCUT2D eigenvalue weighted by molar-refractivity contribution is 0.101. The first kappa shape index (κ1) is 18.7. The van der Waals surface area contributed by atoms with Crippen molar-refractivity contribution in [1.82, 2.24) is 9.97 Å². The second kappa shape index (κ2) is 8.10. The summed E-state index contributed by atoms with van der Waals surface area (Å²) in [5, 5.41) is 14.9. The van der Waals surface area contributed by atoms with E-state index in [1.165, 1.54) is 13.0 Å². The van der Waals surface area contributed by atoms with E-state index in [9.17, 15) is 9.59 Å². The minimum atomic E-state index is -0.442. The fourth-order valence-corrected chi connectivity index (χ4v) is 2.56. The van der Waals surface area contributed by atoms with Crippen LogP contribution in [0.25, 0.3) is 0 Å². The Kier molecular flexibility index (Phi) is 5.42. The molecule has 7 heteroatoms. The summed E-state index contributed by atoms with van der Waals surface area (Å²) in [5.41, 5.74) is 2.29. The first-order valence-electron chi connectivity index (χ1n) is 8.50. The van der Waals surface area contributed by atoms with Gasteiger partial charge in [-0.15, -0.1) is 0 Å². The largest absolute Gasteiger partial charge is 0.340 e. The number of aromatic nitrogens is 2. The van der Waals surface area contributed by atoms with E-state index in [0.29, 0.717) is 28.5 Å². The van der Waals surface area contributed by atoms with Crippen LogP contribution in [0.3, 0.4) is 0 Å². The normalized spacial score (nSPS) is 10.0. The second-order valence-electron chi connectivity index (χ2n) is 6.06. The average molecular weight is 371 g/mol. The van der Waals surface area contributed by atoms with Crippen molar-refractivity contribution in [3.05, 3.63) is 77.2 Å². The van der Waals surface area contributed by atoms with E-state index in [-0.39, 0.29) is 11.5 Å². The first-order valence-corrected chi connectivity index (χ1v) is 8.50. The fraction of sp³-hybridized carbons (Fsp3) is 0.0952. The van der Waals surface area contributed by atoms with Crippen molar-refractivity contribution in [2.24, 2.45) is 0 Å². The zero-order chi connectivity index (χ0) is 20.1. The van der Waals surface area contributed by atoms with Crippen LogP contribution in [0, 0.1) is 18.3 Å². The van der Waals surface area contributed by atoms with E-state index in [0.717, 1.165) is 5.69 Å². The fourth-order valence-electron chi connectivity index (χ4n) is 2.56. The summed E-state index contributed by atoms with van der Waals surface area (Å²) in [6.45, 7) is 3.19. The van der Waals surface area contributed by atoms with E-state index < -0.39 is 5.91 Å². The number of para-hydroxylation sites is 1. The van der Waals surface area contributed by atoms with E-state index in [2.05, 4.69) is 20.6 Å². The Hall–Kier alpha value is -4.05. The van der Waals surface area contributed by atoms with Gasteiger partial charge in [-0.05, 0) is 50.2 Å². The number of aryl methyl sites for hydroxylation is 1. The van der Waals surface area contributed by atoms with Gasteiger partial charge in [-0.25, -0.2) is 9.97 Å². The lowest BCUT2D eigenvalue weighted by Gasteiger charge is -2.10. The Balaban J connectivity index is 1.82. The molecule has 0 saturated carbocycles. The molecule has 7 nitrogen and oxygen atoms in total. The summed E-state index contributed by atoms with van der Waals surface area (Å²) in [4.78, 5) is 32.4. The van der Waals surface area contributed by atoms with Gasteiger partial charge in [-0.3, -0.25) is 9.59 Å². The summed E-state index contributed by atoms with van der Waals surface area (Å²) in [6.07, 6.45) is 0. The number of carbonyl (C=O) groups excluding carboxylic acids is 2. The van der Waals surface area contributed by atoms with Crippen molar-refractivity contribution < 1.29 is 9.59 Å². The molecule has 0 fully saturated rings. The molecule has 1 aromatic heterocycles. The molecule has 1 heterocycles. The molecule has 0 spiro atoms. The Morgan fingerprint density at radius 3 is 2.43 bits per heavy atom. The molecule has 0 aliphatic heterocycles. The van der Waals surface area contributed by atoms with Crippen LogP contribution >= 0.6 is 0 Å². The van der Waals surface area contributed by atoms with E-state index in [4.69, 9.17) is 5.26 Å². The highest BCUT2D eigenvalue weighted by atomic mass is 16.2. The Labute approximate surface area is 162 Å². The number of rotatable bonds is 5. The van der Waals surface area contributed by atoms with Crippen molar-refractivity contribution in [2.75, 3.05) is 10.6 Å². The molecular weight excluding hydrogens is 354 g/mol. The van der Waals surface area contributed by atoms with Crippen LogP contribution in [-0.4, -0.2) is 21.7 Å². The number of nitrogens with zero attached hydrogens (tertiary/aromatic N) is 3. The summed E-state index contributed by atoms with van der Waals surface area (Å²) in [6, 6.07) is 17.2. The van der Waals surface area contributed by atoms with Gasteiger partial charge in [0.1, 0.15) is 23.4 Å². The zero-order valence-electron chi connectivity index (χ0n) is 15.4. The number of carbonyl (C=O) groups is 2. The third-order valence-electron chi connectivity index (χ3n) is 3.93. The van der Waals surface area contributed by atoms with E-state index in [1.54, 1.807) is 55.5 Å². The molecule has 2 aromatic carbocycles. The Morgan fingerprint density at radius 1 is 1.04 bits per heavy atom. The van der Waals surface area contributed by atoms with Crippen molar-refractivity contribution in [1.29, 1.82) is 5.26 Å². The van der Waals surface area contributed by atoms with E-state index >= 15 is 0 Å². The third kappa shape index (κ3) is 4.37. The molecule has 0 atom stereocenters. The molecule has 0 aliphatic rings. The summed E-state index contributed by atoms with van der Waals surface area (Å²) in [5.74, 6) is 0.412. The molecule has 3 aromatic rings. The van der Waals surface area contributed by atoms with Gasteiger partial charge >= 0.3 is 0 Å². The molecule has 0 unspecified atom stereocenters. The number of nitrogens with one attached hydrogen (secondary N) is 2. The molecule has 0 aliphatic carbocycles. The summed E-state index contributed by atoms with van der Waals surface area (Å²) < 4.78 is 0. The summed E-state index contributed by atoms with van der Waals surface area (Å²) >= 11 is 0. The van der Waals surface area contributed by atoms with Gasteiger partial charge in [0, 0.05) is 17.3 Å². The van der Waals surface area contributed by atoms with Gasteiger partial charge in [0.25, 0.3) is 5.91 Å². The summed E-state index contributed by atoms with van der Waals surface area (Å²) in [7, 11) is 0. The van der Waals surface area contributed by atoms with Gasteiger partial charge in [-0.1, -0.05) is 12.1 Å². The third-order valence-corrected chi connectivity index (χ3v) is 3.93. The maximum atomic E-state index is 12.6. The monoisotopic (exact) mass is 371 g/mol. The molecule has 0 radical (unpaired) electrons. The molecule has 1 amide bonds. The number of nitriles is 1. The lowest BCUT2D eigenvalue weighted by atomic mass is 10.1. The van der Waals surface area contributed by atoms with Crippen LogP contribution < -0.4 is 10.6 Å². The minimum Gasteiger partial charge on any atom is -0.340 e. The number of anilines is 3. The van der Waals surface area contributed by atoms with Crippen LogP contribution in [0.15, 0.2) is 54.6 Å². The number of benzene rings is 2. The highest BCUT2D eigenvalue weighted by molar-refractivity contribution is 6.04. The second-order valence-corrected chi connectivity index (χ2v) is 6.06. The predicted molar refractivity (Wildman–Crippen MR) is 106 cm³/mol. The standard InChI is InChI=1S/C21H17N5O2/c1-13(27)15-7-9-17(10-8-15)25-20-11-19(23-14(2)24-20)21(28)26-18-6-4-3-5-16(18)12-22/h3-11H,1-2H3,(H,26,28)(H,23,24,25). The predicted octanol–water partition coefficient (Wildman–Crippen LogP) is 3.86. The first-order chi connectivity index (χ1) is 13.5. The molecule has 3 rings (SSSR count). The van der Waals surface area contributed by atoms with Gasteiger partial charge in [0.15, 0.2) is 5.78 Å². The Bertz CT molecular complexity index is 1080. The van der Waals surface area contributed by atoms with Gasteiger partial charge in [0.05, 0.1) is 11.3 Å². The average Bonchev–Trinajstić information content (AvgIpc) is 2.68. The molecule has 138 valence electrons. The molecule has 0 bridgehead atoms. The minimum absolute atomic E-state index is 0.0129. The van der Waals surface area contributed by atoms with Crippen LogP contribution in [0.1, 0.15) is 39.2 Å². The van der Waals surface area contributed by atoms with Crippen LogP contribution in [0.2, 0.25) is 0 Å². The van der Waals surface area contributed by atoms with Crippen molar-refractivity contribution in [2.45, 2.75) is 13.8 Å². The maximum Gasteiger partial charge on any atom is 0.274 e. The smallest absolute Gasteiger partial charge is 0.274 e. The van der Waals surface area contributed by atoms with Gasteiger partial charge in [0.2, 0.25) is 0 Å². The topological polar surface area (TPSA) is 108 Å². The van der Waals surface area contributed by atoms with Crippen LogP contribution in [0.5, 0.6) is 0 Å². The van der Waals surface area contributed by atoms with Crippen LogP contribution in [0.4, 0.5) is 17.2 Å². The molecular formula is C21H17N5O2. The number of hydrogen-bond acceptors (Lipinski definition) is 6. The molecule has 2 N–H and O–H groups in total. The molecule has 0 saturated heterocycles.